The van der Waals surface area contributed by atoms with E-state index in [-0.39, 0.29) is 24.3 Å². The van der Waals surface area contributed by atoms with Gasteiger partial charge in [0.05, 0.1) is 17.9 Å². The normalized spacial score (nSPS) is 13.5. The first-order chi connectivity index (χ1) is 12.5. The third-order valence-corrected chi connectivity index (χ3v) is 4.15. The Bertz CT molecular complexity index is 833. The van der Waals surface area contributed by atoms with Gasteiger partial charge < -0.3 is 21.3 Å². The second kappa shape index (κ2) is 7.69. The van der Waals surface area contributed by atoms with Crippen molar-refractivity contribution in [2.75, 3.05) is 29.5 Å². The number of rotatable bonds is 5. The topological polar surface area (TPSA) is 105 Å². The van der Waals surface area contributed by atoms with Gasteiger partial charge in [0.25, 0.3) is 5.91 Å². The fraction of sp³-hybridized carbons (Fsp3) is 0.211. The van der Waals surface area contributed by atoms with Crippen molar-refractivity contribution >= 4 is 34.8 Å². The Morgan fingerprint density at radius 1 is 1.04 bits per heavy atom. The van der Waals surface area contributed by atoms with Crippen LogP contribution in [0.4, 0.5) is 17.1 Å². The largest absolute Gasteiger partial charge is 0.397 e. The number of para-hydroxylation sites is 2. The third kappa shape index (κ3) is 4.18. The zero-order valence-corrected chi connectivity index (χ0v) is 14.2. The monoisotopic (exact) mass is 352 g/mol. The van der Waals surface area contributed by atoms with Crippen LogP contribution in [0.25, 0.3) is 0 Å². The van der Waals surface area contributed by atoms with E-state index < -0.39 is 0 Å². The Kier molecular flexibility index (Phi) is 5.17. The van der Waals surface area contributed by atoms with Crippen LogP contribution in [0.3, 0.4) is 0 Å². The molecule has 2 aromatic carbocycles. The number of amides is 3. The summed E-state index contributed by atoms with van der Waals surface area (Å²) in [5, 5.41) is 5.47. The van der Waals surface area contributed by atoms with Crippen LogP contribution < -0.4 is 16.4 Å². The summed E-state index contributed by atoms with van der Waals surface area (Å²) in [6, 6.07) is 13.5. The summed E-state index contributed by atoms with van der Waals surface area (Å²) < 4.78 is 0. The molecule has 0 atom stereocenters. The van der Waals surface area contributed by atoms with Crippen LogP contribution in [0, 0.1) is 0 Å². The molecule has 1 aliphatic rings. The zero-order chi connectivity index (χ0) is 18.5. The molecule has 26 heavy (non-hydrogen) atoms. The van der Waals surface area contributed by atoms with Gasteiger partial charge in [-0.1, -0.05) is 12.1 Å². The molecule has 7 nitrogen and oxygen atoms in total. The number of nitrogens with one attached hydrogen (secondary N) is 2. The molecule has 1 heterocycles. The predicted molar refractivity (Wildman–Crippen MR) is 99.7 cm³/mol. The maximum Gasteiger partial charge on any atom is 0.255 e. The van der Waals surface area contributed by atoms with E-state index in [9.17, 15) is 14.4 Å². The van der Waals surface area contributed by atoms with Crippen LogP contribution in [-0.2, 0) is 9.59 Å². The number of nitrogens with zero attached hydrogens (tertiary/aromatic N) is 1. The summed E-state index contributed by atoms with van der Waals surface area (Å²) in [7, 11) is 0. The molecule has 134 valence electrons. The van der Waals surface area contributed by atoms with E-state index in [1.54, 1.807) is 53.4 Å². The van der Waals surface area contributed by atoms with Crippen LogP contribution in [0.15, 0.2) is 48.5 Å². The molecular formula is C19H20N4O3. The SMILES string of the molecule is Nc1ccccc1NC(=O)c1ccc(NC(=O)CN2CCCC2=O)cc1. The highest BCUT2D eigenvalue weighted by molar-refractivity contribution is 6.06. The third-order valence-electron chi connectivity index (χ3n) is 4.15. The molecule has 4 N–H and O–H groups in total. The smallest absolute Gasteiger partial charge is 0.255 e. The van der Waals surface area contributed by atoms with Crippen molar-refractivity contribution < 1.29 is 14.4 Å². The van der Waals surface area contributed by atoms with Gasteiger partial charge in [0.2, 0.25) is 11.8 Å². The summed E-state index contributed by atoms with van der Waals surface area (Å²) in [4.78, 5) is 37.4. The number of nitrogen functional groups attached to an aromatic ring is 1. The second-order valence-corrected chi connectivity index (χ2v) is 6.09. The lowest BCUT2D eigenvalue weighted by Gasteiger charge is -2.15. The lowest BCUT2D eigenvalue weighted by Crippen LogP contribution is -2.33. The Morgan fingerprint density at radius 3 is 2.42 bits per heavy atom. The molecule has 7 heteroatoms. The number of likely N-dealkylation sites (tertiary alicyclic amines) is 1. The standard InChI is InChI=1S/C19H20N4O3/c20-15-4-1-2-5-16(15)22-19(26)13-7-9-14(10-8-13)21-17(24)12-23-11-3-6-18(23)25/h1-2,4-5,7-10H,3,6,11-12,20H2,(H,21,24)(H,22,26). The van der Waals surface area contributed by atoms with Crippen molar-refractivity contribution in [2.24, 2.45) is 0 Å². The molecule has 0 unspecified atom stereocenters. The van der Waals surface area contributed by atoms with Gasteiger partial charge >= 0.3 is 0 Å². The van der Waals surface area contributed by atoms with Crippen molar-refractivity contribution in [2.45, 2.75) is 12.8 Å². The van der Waals surface area contributed by atoms with Crippen molar-refractivity contribution in [1.29, 1.82) is 0 Å². The summed E-state index contributed by atoms with van der Waals surface area (Å²) in [6.45, 7) is 0.669. The molecule has 0 saturated carbocycles. The molecule has 2 aromatic rings. The summed E-state index contributed by atoms with van der Waals surface area (Å²) in [5.41, 5.74) is 7.86. The lowest BCUT2D eigenvalue weighted by molar-refractivity contribution is -0.131. The van der Waals surface area contributed by atoms with Gasteiger partial charge in [0, 0.05) is 24.2 Å². The molecule has 1 fully saturated rings. The number of carbonyl (C=O) groups excluding carboxylic acids is 3. The lowest BCUT2D eigenvalue weighted by atomic mass is 10.2. The van der Waals surface area contributed by atoms with Crippen molar-refractivity contribution in [1.82, 2.24) is 4.90 Å². The number of hydrogen-bond acceptors (Lipinski definition) is 4. The summed E-state index contributed by atoms with van der Waals surface area (Å²) in [5.74, 6) is -0.537. The van der Waals surface area contributed by atoms with Crippen LogP contribution >= 0.6 is 0 Å². The Morgan fingerprint density at radius 2 is 1.77 bits per heavy atom. The van der Waals surface area contributed by atoms with E-state index >= 15 is 0 Å². The van der Waals surface area contributed by atoms with E-state index in [1.165, 1.54) is 0 Å². The Hall–Kier alpha value is -3.35. The van der Waals surface area contributed by atoms with Crippen LogP contribution in [0.5, 0.6) is 0 Å². The average molecular weight is 352 g/mol. The Labute approximate surface area is 151 Å². The van der Waals surface area contributed by atoms with E-state index in [2.05, 4.69) is 10.6 Å². The highest BCUT2D eigenvalue weighted by Gasteiger charge is 2.22. The molecule has 0 aliphatic carbocycles. The van der Waals surface area contributed by atoms with E-state index in [0.29, 0.717) is 35.6 Å². The average Bonchev–Trinajstić information content (AvgIpc) is 3.02. The molecule has 3 rings (SSSR count). The second-order valence-electron chi connectivity index (χ2n) is 6.09. The van der Waals surface area contributed by atoms with Crippen LogP contribution in [-0.4, -0.2) is 35.7 Å². The molecule has 3 amide bonds. The van der Waals surface area contributed by atoms with Crippen molar-refractivity contribution in [3.8, 4) is 0 Å². The van der Waals surface area contributed by atoms with E-state index in [1.807, 2.05) is 0 Å². The zero-order valence-electron chi connectivity index (χ0n) is 14.2. The fourth-order valence-electron chi connectivity index (χ4n) is 2.76. The maximum atomic E-state index is 12.3. The molecule has 1 aliphatic heterocycles. The first-order valence-corrected chi connectivity index (χ1v) is 8.36. The Balaban J connectivity index is 1.57. The molecule has 0 aromatic heterocycles. The highest BCUT2D eigenvalue weighted by Crippen LogP contribution is 2.18. The summed E-state index contributed by atoms with van der Waals surface area (Å²) >= 11 is 0. The van der Waals surface area contributed by atoms with Gasteiger partial charge in [-0.2, -0.15) is 0 Å². The van der Waals surface area contributed by atoms with Crippen molar-refractivity contribution in [3.63, 3.8) is 0 Å². The number of hydrogen-bond donors (Lipinski definition) is 3. The highest BCUT2D eigenvalue weighted by atomic mass is 16.2. The van der Waals surface area contributed by atoms with Gasteiger partial charge in [0.1, 0.15) is 0 Å². The first kappa shape index (κ1) is 17.5. The van der Waals surface area contributed by atoms with E-state index in [4.69, 9.17) is 5.73 Å². The number of anilines is 3. The van der Waals surface area contributed by atoms with Crippen LogP contribution in [0.2, 0.25) is 0 Å². The molecule has 0 bridgehead atoms. The summed E-state index contributed by atoms with van der Waals surface area (Å²) in [6.07, 6.45) is 1.30. The van der Waals surface area contributed by atoms with Gasteiger partial charge in [-0.15, -0.1) is 0 Å². The van der Waals surface area contributed by atoms with Gasteiger partial charge in [-0.3, -0.25) is 14.4 Å². The first-order valence-electron chi connectivity index (χ1n) is 8.36. The number of nitrogens with two attached hydrogens (primary N) is 1. The predicted octanol–water partition coefficient (Wildman–Crippen LogP) is 2.08. The van der Waals surface area contributed by atoms with E-state index in [0.717, 1.165) is 6.42 Å². The minimum Gasteiger partial charge on any atom is -0.397 e. The molecular weight excluding hydrogens is 332 g/mol. The van der Waals surface area contributed by atoms with Gasteiger partial charge in [0.15, 0.2) is 0 Å². The fourth-order valence-corrected chi connectivity index (χ4v) is 2.76. The quantitative estimate of drug-likeness (QED) is 0.717. The maximum absolute atomic E-state index is 12.3. The van der Waals surface area contributed by atoms with Crippen LogP contribution in [0.1, 0.15) is 23.2 Å². The minimum absolute atomic E-state index is 0.00681. The molecule has 1 saturated heterocycles. The van der Waals surface area contributed by atoms with Crippen molar-refractivity contribution in [3.05, 3.63) is 54.1 Å². The van der Waals surface area contributed by atoms with Gasteiger partial charge in [-0.25, -0.2) is 0 Å². The molecule has 0 radical (unpaired) electrons. The number of benzene rings is 2. The number of carbonyl (C=O) groups is 3. The minimum atomic E-state index is -0.288. The molecule has 0 spiro atoms. The van der Waals surface area contributed by atoms with Gasteiger partial charge in [-0.05, 0) is 42.8 Å².